The Hall–Kier alpha value is -2.99. The quantitative estimate of drug-likeness (QED) is 0.489. The number of hydrogen-bond donors (Lipinski definition) is 2. The number of para-hydroxylation sites is 1. The fraction of sp³-hybridized carbons (Fsp3) is 0.407. The Bertz CT molecular complexity index is 1160. The van der Waals surface area contributed by atoms with E-state index in [2.05, 4.69) is 10.3 Å². The molecule has 7 heteroatoms. The predicted octanol–water partition coefficient (Wildman–Crippen LogP) is 5.43. The average molecular weight is 480 g/mol. The molecular weight excluding hydrogens is 450 g/mol. The summed E-state index contributed by atoms with van der Waals surface area (Å²) in [5.41, 5.74) is 2.09. The van der Waals surface area contributed by atoms with Gasteiger partial charge in [-0.3, -0.25) is 9.59 Å². The Morgan fingerprint density at radius 2 is 1.82 bits per heavy atom. The lowest BCUT2D eigenvalue weighted by molar-refractivity contribution is 0.0529. The highest BCUT2D eigenvalue weighted by Gasteiger charge is 2.36. The van der Waals surface area contributed by atoms with Crippen molar-refractivity contribution in [3.63, 3.8) is 0 Å². The number of ether oxygens (including phenoxy) is 1. The third-order valence-corrected chi connectivity index (χ3v) is 7.53. The Morgan fingerprint density at radius 1 is 1.00 bits per heavy atom. The molecule has 3 heterocycles. The van der Waals surface area contributed by atoms with Crippen molar-refractivity contribution in [3.05, 3.63) is 64.8 Å². The van der Waals surface area contributed by atoms with Gasteiger partial charge in [0, 0.05) is 35.6 Å². The van der Waals surface area contributed by atoms with Gasteiger partial charge in [0.05, 0.1) is 12.2 Å². The van der Waals surface area contributed by atoms with E-state index in [0.717, 1.165) is 49.4 Å². The molecule has 1 spiro atoms. The fourth-order valence-corrected chi connectivity index (χ4v) is 5.36. The highest BCUT2D eigenvalue weighted by molar-refractivity contribution is 6.31. The minimum atomic E-state index is -0.158. The number of hydrogen-bond acceptors (Lipinski definition) is 3. The van der Waals surface area contributed by atoms with Crippen LogP contribution in [0.4, 0.5) is 0 Å². The third kappa shape index (κ3) is 4.78. The number of H-pyrrole nitrogens is 1. The Morgan fingerprint density at radius 3 is 2.65 bits per heavy atom. The first-order chi connectivity index (χ1) is 16.5. The molecule has 0 atom stereocenters. The summed E-state index contributed by atoms with van der Waals surface area (Å²) in [6.45, 7) is 2.55. The van der Waals surface area contributed by atoms with E-state index in [9.17, 15) is 9.59 Å². The van der Waals surface area contributed by atoms with E-state index in [1.54, 1.807) is 18.2 Å². The summed E-state index contributed by atoms with van der Waals surface area (Å²) in [6, 6.07) is 15.1. The second-order valence-corrected chi connectivity index (χ2v) is 9.98. The van der Waals surface area contributed by atoms with Crippen molar-refractivity contribution in [2.75, 3.05) is 26.2 Å². The molecule has 3 aromatic rings. The van der Waals surface area contributed by atoms with Crippen LogP contribution in [-0.2, 0) is 0 Å². The summed E-state index contributed by atoms with van der Waals surface area (Å²) < 4.78 is 5.86. The minimum absolute atomic E-state index is 0.00825. The van der Waals surface area contributed by atoms with E-state index in [0.29, 0.717) is 48.3 Å². The zero-order valence-corrected chi connectivity index (χ0v) is 20.0. The zero-order valence-electron chi connectivity index (χ0n) is 19.2. The van der Waals surface area contributed by atoms with E-state index >= 15 is 0 Å². The molecular formula is C27H30ClN3O3. The Balaban J connectivity index is 1.29. The zero-order chi connectivity index (χ0) is 23.5. The van der Waals surface area contributed by atoms with Gasteiger partial charge in [0.2, 0.25) is 0 Å². The molecule has 2 amide bonds. The maximum atomic E-state index is 13.2. The van der Waals surface area contributed by atoms with Gasteiger partial charge in [-0.1, -0.05) is 42.6 Å². The molecule has 178 valence electrons. The first-order valence-corrected chi connectivity index (χ1v) is 12.5. The third-order valence-electron chi connectivity index (χ3n) is 7.29. The molecule has 1 saturated heterocycles. The van der Waals surface area contributed by atoms with Crippen molar-refractivity contribution >= 4 is 34.3 Å². The van der Waals surface area contributed by atoms with Gasteiger partial charge in [0.25, 0.3) is 11.8 Å². The van der Waals surface area contributed by atoms with Crippen molar-refractivity contribution in [3.8, 4) is 5.75 Å². The summed E-state index contributed by atoms with van der Waals surface area (Å²) in [7, 11) is 0. The Kier molecular flexibility index (Phi) is 6.50. The van der Waals surface area contributed by atoms with E-state index in [4.69, 9.17) is 16.3 Å². The maximum absolute atomic E-state index is 13.2. The smallest absolute Gasteiger partial charge is 0.270 e. The normalized spacial score (nSPS) is 19.0. The molecule has 0 unspecified atom stereocenters. The standard InChI is InChI=1S/C27H30ClN3O3/c28-20-8-9-24-21(17-20)25(32)29-18-27(10-4-1-5-15-34-24)11-13-31(14-12-27)26(33)23-16-19-6-2-3-7-22(19)30-23/h2-3,6-9,16-17,30H,1,4-5,10-15,18H2,(H,29,32). The van der Waals surface area contributed by atoms with Crippen molar-refractivity contribution in [1.29, 1.82) is 0 Å². The number of nitrogens with one attached hydrogen (secondary N) is 2. The van der Waals surface area contributed by atoms with Gasteiger partial charge in [-0.15, -0.1) is 0 Å². The van der Waals surface area contributed by atoms with E-state index in [1.165, 1.54) is 0 Å². The number of carbonyl (C=O) groups is 2. The van der Waals surface area contributed by atoms with E-state index in [-0.39, 0.29) is 17.2 Å². The number of fused-ring (bicyclic) bond motifs is 2. The predicted molar refractivity (Wildman–Crippen MR) is 134 cm³/mol. The lowest BCUT2D eigenvalue weighted by Crippen LogP contribution is -2.48. The summed E-state index contributed by atoms with van der Waals surface area (Å²) in [5, 5.41) is 4.71. The van der Waals surface area contributed by atoms with Crippen LogP contribution in [0.2, 0.25) is 5.02 Å². The number of carbonyl (C=O) groups excluding carboxylic acids is 2. The number of aromatic amines is 1. The van der Waals surface area contributed by atoms with Gasteiger partial charge in [-0.25, -0.2) is 0 Å². The van der Waals surface area contributed by atoms with Crippen LogP contribution in [0.1, 0.15) is 59.4 Å². The van der Waals surface area contributed by atoms with E-state index in [1.807, 2.05) is 35.2 Å². The molecule has 5 rings (SSSR count). The molecule has 34 heavy (non-hydrogen) atoms. The van der Waals surface area contributed by atoms with Crippen molar-refractivity contribution in [2.45, 2.75) is 38.5 Å². The molecule has 2 aliphatic heterocycles. The monoisotopic (exact) mass is 479 g/mol. The van der Waals surface area contributed by atoms with Crippen LogP contribution < -0.4 is 10.1 Å². The Labute approximate surface area is 204 Å². The second-order valence-electron chi connectivity index (χ2n) is 9.54. The molecule has 2 aliphatic rings. The molecule has 2 aromatic carbocycles. The minimum Gasteiger partial charge on any atom is -0.493 e. The van der Waals surface area contributed by atoms with Crippen LogP contribution in [0.25, 0.3) is 10.9 Å². The highest BCUT2D eigenvalue weighted by atomic mass is 35.5. The molecule has 0 aliphatic carbocycles. The van der Waals surface area contributed by atoms with Gasteiger partial charge in [-0.05, 0) is 61.4 Å². The van der Waals surface area contributed by atoms with Crippen molar-refractivity contribution in [1.82, 2.24) is 15.2 Å². The summed E-state index contributed by atoms with van der Waals surface area (Å²) in [4.78, 5) is 31.4. The number of nitrogens with zero attached hydrogens (tertiary/aromatic N) is 1. The molecule has 0 radical (unpaired) electrons. The van der Waals surface area contributed by atoms with Crippen molar-refractivity contribution in [2.24, 2.45) is 5.41 Å². The molecule has 1 aromatic heterocycles. The molecule has 0 bridgehead atoms. The van der Waals surface area contributed by atoms with Crippen LogP contribution in [0.15, 0.2) is 48.5 Å². The number of halogens is 1. The lowest BCUT2D eigenvalue weighted by atomic mass is 9.74. The largest absolute Gasteiger partial charge is 0.493 e. The number of piperidine rings is 1. The number of aromatic nitrogens is 1. The van der Waals surface area contributed by atoms with Crippen LogP contribution in [-0.4, -0.2) is 47.9 Å². The van der Waals surface area contributed by atoms with Crippen LogP contribution in [0, 0.1) is 5.41 Å². The summed E-state index contributed by atoms with van der Waals surface area (Å²) in [5.74, 6) is 0.466. The topological polar surface area (TPSA) is 74.4 Å². The van der Waals surface area contributed by atoms with Crippen LogP contribution in [0.5, 0.6) is 5.75 Å². The second kappa shape index (κ2) is 9.71. The van der Waals surface area contributed by atoms with Gasteiger partial charge >= 0.3 is 0 Å². The summed E-state index contributed by atoms with van der Waals surface area (Å²) >= 11 is 6.16. The molecule has 0 saturated carbocycles. The number of likely N-dealkylation sites (tertiary alicyclic amines) is 1. The first kappa shape index (κ1) is 22.8. The molecule has 6 nitrogen and oxygen atoms in total. The van der Waals surface area contributed by atoms with Gasteiger partial charge < -0.3 is 19.9 Å². The van der Waals surface area contributed by atoms with Gasteiger partial charge in [0.15, 0.2) is 0 Å². The highest BCUT2D eigenvalue weighted by Crippen LogP contribution is 2.37. The van der Waals surface area contributed by atoms with Crippen molar-refractivity contribution < 1.29 is 14.3 Å². The lowest BCUT2D eigenvalue weighted by Gasteiger charge is -2.42. The first-order valence-electron chi connectivity index (χ1n) is 12.1. The molecule has 1 fully saturated rings. The average Bonchev–Trinajstić information content (AvgIpc) is 3.29. The van der Waals surface area contributed by atoms with Crippen LogP contribution in [0.3, 0.4) is 0 Å². The van der Waals surface area contributed by atoms with Gasteiger partial charge in [0.1, 0.15) is 11.4 Å². The number of rotatable bonds is 1. The van der Waals surface area contributed by atoms with E-state index < -0.39 is 0 Å². The van der Waals surface area contributed by atoms with Crippen LogP contribution >= 0.6 is 11.6 Å². The van der Waals surface area contributed by atoms with Gasteiger partial charge in [-0.2, -0.15) is 0 Å². The summed E-state index contributed by atoms with van der Waals surface area (Å²) in [6.07, 6.45) is 5.89. The molecule has 2 N–H and O–H groups in total. The maximum Gasteiger partial charge on any atom is 0.270 e. The number of benzene rings is 2. The number of amides is 2. The SMILES string of the molecule is O=C1NCC2(CCCCCOc3ccc(Cl)cc31)CCN(C(=O)c1cc3ccccc3[nH]1)CC2. The fourth-order valence-electron chi connectivity index (χ4n) is 5.19.